The molecule has 0 radical (unpaired) electrons. The number of thiophene rings is 1. The van der Waals surface area contributed by atoms with Crippen LogP contribution in [0, 0.1) is 0 Å². The van der Waals surface area contributed by atoms with E-state index in [0.29, 0.717) is 0 Å². The number of fused-ring (bicyclic) bond motifs is 1. The second kappa shape index (κ2) is 5.46. The summed E-state index contributed by atoms with van der Waals surface area (Å²) in [6.07, 6.45) is 0.926. The number of benzene rings is 1. The fourth-order valence-electron chi connectivity index (χ4n) is 2.47. The van der Waals surface area contributed by atoms with Crippen LogP contribution in [0.15, 0.2) is 30.3 Å². The lowest BCUT2D eigenvalue weighted by atomic mass is 10.1. The number of carbonyl (C=O) groups excluding carboxylic acids is 1. The molecule has 0 unspecified atom stereocenters. The first-order chi connectivity index (χ1) is 9.63. The van der Waals surface area contributed by atoms with Gasteiger partial charge in [-0.15, -0.1) is 11.3 Å². The third kappa shape index (κ3) is 2.67. The minimum absolute atomic E-state index is 0.109. The highest BCUT2D eigenvalue weighted by atomic mass is 35.5. The molecule has 2 heterocycles. The van der Waals surface area contributed by atoms with E-state index >= 15 is 0 Å². The van der Waals surface area contributed by atoms with Crippen LogP contribution in [0.1, 0.15) is 17.4 Å². The topological polar surface area (TPSA) is 32.3 Å². The highest BCUT2D eigenvalue weighted by molar-refractivity contribution is 7.16. The van der Waals surface area contributed by atoms with Crippen molar-refractivity contribution in [3.05, 3.63) is 45.1 Å². The molecule has 104 valence electrons. The Morgan fingerprint density at radius 2 is 2.25 bits per heavy atom. The SMILES string of the molecule is CC(=O)N1CCc2cc(NCc3ccc(Cl)s3)ccc21. The van der Waals surface area contributed by atoms with Crippen LogP contribution in [0.2, 0.25) is 4.34 Å². The molecule has 3 nitrogen and oxygen atoms in total. The van der Waals surface area contributed by atoms with Crippen molar-refractivity contribution in [3.63, 3.8) is 0 Å². The van der Waals surface area contributed by atoms with Crippen molar-refractivity contribution in [2.75, 3.05) is 16.8 Å². The largest absolute Gasteiger partial charge is 0.380 e. The molecule has 1 amide bonds. The Balaban J connectivity index is 1.72. The van der Waals surface area contributed by atoms with Crippen LogP contribution < -0.4 is 10.2 Å². The molecular formula is C15H15ClN2OS. The zero-order valence-corrected chi connectivity index (χ0v) is 12.7. The van der Waals surface area contributed by atoms with Gasteiger partial charge in [-0.1, -0.05) is 11.6 Å². The monoisotopic (exact) mass is 306 g/mol. The molecular weight excluding hydrogens is 292 g/mol. The fraction of sp³-hybridized carbons (Fsp3) is 0.267. The summed E-state index contributed by atoms with van der Waals surface area (Å²) in [5.74, 6) is 0.109. The number of nitrogens with one attached hydrogen (secondary N) is 1. The summed E-state index contributed by atoms with van der Waals surface area (Å²) in [5, 5.41) is 3.40. The Kier molecular flexibility index (Phi) is 3.68. The van der Waals surface area contributed by atoms with Gasteiger partial charge < -0.3 is 10.2 Å². The molecule has 0 spiro atoms. The molecule has 1 aliphatic heterocycles. The number of rotatable bonds is 3. The van der Waals surface area contributed by atoms with E-state index in [0.717, 1.165) is 35.2 Å². The molecule has 3 rings (SSSR count). The highest BCUT2D eigenvalue weighted by Crippen LogP contribution is 2.31. The van der Waals surface area contributed by atoms with Gasteiger partial charge in [-0.3, -0.25) is 4.79 Å². The van der Waals surface area contributed by atoms with Crippen molar-refractivity contribution < 1.29 is 4.79 Å². The molecule has 0 saturated heterocycles. The first kappa shape index (κ1) is 13.5. The average molecular weight is 307 g/mol. The number of anilines is 2. The average Bonchev–Trinajstić information content (AvgIpc) is 3.01. The lowest BCUT2D eigenvalue weighted by molar-refractivity contribution is -0.116. The van der Waals surface area contributed by atoms with Crippen LogP contribution in [0.25, 0.3) is 0 Å². The molecule has 1 aliphatic rings. The molecule has 0 fully saturated rings. The lowest BCUT2D eigenvalue weighted by Crippen LogP contribution is -2.25. The maximum atomic E-state index is 11.5. The Labute approximate surface area is 127 Å². The third-order valence-electron chi connectivity index (χ3n) is 3.45. The quantitative estimate of drug-likeness (QED) is 0.932. The predicted octanol–water partition coefficient (Wildman–Crippen LogP) is 3.92. The van der Waals surface area contributed by atoms with Crippen LogP contribution in [-0.4, -0.2) is 12.5 Å². The van der Waals surface area contributed by atoms with Gasteiger partial charge in [-0.2, -0.15) is 0 Å². The van der Waals surface area contributed by atoms with E-state index in [1.165, 1.54) is 10.4 Å². The molecule has 5 heteroatoms. The molecule has 0 atom stereocenters. The van der Waals surface area contributed by atoms with Crippen LogP contribution in [0.5, 0.6) is 0 Å². The first-order valence-corrected chi connectivity index (χ1v) is 7.72. The van der Waals surface area contributed by atoms with E-state index in [-0.39, 0.29) is 5.91 Å². The summed E-state index contributed by atoms with van der Waals surface area (Å²) >= 11 is 7.50. The maximum absolute atomic E-state index is 11.5. The normalized spacial score (nSPS) is 13.4. The summed E-state index contributed by atoms with van der Waals surface area (Å²) in [4.78, 5) is 14.5. The first-order valence-electron chi connectivity index (χ1n) is 6.52. The van der Waals surface area contributed by atoms with Crippen LogP contribution in [0.4, 0.5) is 11.4 Å². The second-order valence-corrected chi connectivity index (χ2v) is 6.62. The number of hydrogen-bond acceptors (Lipinski definition) is 3. The molecule has 1 aromatic carbocycles. The molecule has 1 aromatic heterocycles. The van der Waals surface area contributed by atoms with Gasteiger partial charge in [0.2, 0.25) is 5.91 Å². The van der Waals surface area contributed by atoms with Gasteiger partial charge >= 0.3 is 0 Å². The smallest absolute Gasteiger partial charge is 0.223 e. The Hall–Kier alpha value is -1.52. The van der Waals surface area contributed by atoms with Crippen LogP contribution in [0.3, 0.4) is 0 Å². The summed E-state index contributed by atoms with van der Waals surface area (Å²) in [5.41, 5.74) is 3.36. The van der Waals surface area contributed by atoms with Gasteiger partial charge in [0.15, 0.2) is 0 Å². The van der Waals surface area contributed by atoms with E-state index in [2.05, 4.69) is 11.4 Å². The van der Waals surface area contributed by atoms with E-state index in [1.807, 2.05) is 29.2 Å². The molecule has 20 heavy (non-hydrogen) atoms. The minimum atomic E-state index is 0.109. The number of halogens is 1. The van der Waals surface area contributed by atoms with Gasteiger partial charge in [0.25, 0.3) is 0 Å². The summed E-state index contributed by atoms with van der Waals surface area (Å²) in [6, 6.07) is 10.1. The van der Waals surface area contributed by atoms with Gasteiger partial charge in [0.1, 0.15) is 0 Å². The lowest BCUT2D eigenvalue weighted by Gasteiger charge is -2.15. The van der Waals surface area contributed by atoms with E-state index in [4.69, 9.17) is 11.6 Å². The zero-order chi connectivity index (χ0) is 14.1. The fourth-order valence-corrected chi connectivity index (χ4v) is 3.50. The zero-order valence-electron chi connectivity index (χ0n) is 11.1. The molecule has 0 saturated carbocycles. The van der Waals surface area contributed by atoms with Crippen LogP contribution in [-0.2, 0) is 17.8 Å². The second-order valence-electron chi connectivity index (χ2n) is 4.82. The molecule has 1 N–H and O–H groups in total. The third-order valence-corrected chi connectivity index (χ3v) is 4.68. The Morgan fingerprint density at radius 1 is 1.40 bits per heavy atom. The Morgan fingerprint density at radius 3 is 2.95 bits per heavy atom. The molecule has 2 aromatic rings. The van der Waals surface area contributed by atoms with Crippen molar-refractivity contribution in [3.8, 4) is 0 Å². The minimum Gasteiger partial charge on any atom is -0.380 e. The van der Waals surface area contributed by atoms with E-state index < -0.39 is 0 Å². The van der Waals surface area contributed by atoms with Gasteiger partial charge in [0.05, 0.1) is 4.34 Å². The number of nitrogens with zero attached hydrogens (tertiary/aromatic N) is 1. The van der Waals surface area contributed by atoms with Gasteiger partial charge in [0, 0.05) is 36.3 Å². The van der Waals surface area contributed by atoms with Crippen molar-refractivity contribution in [1.29, 1.82) is 0 Å². The number of amides is 1. The summed E-state index contributed by atoms with van der Waals surface area (Å²) < 4.78 is 0.813. The van der Waals surface area contributed by atoms with E-state index in [9.17, 15) is 4.79 Å². The maximum Gasteiger partial charge on any atom is 0.223 e. The van der Waals surface area contributed by atoms with Crippen molar-refractivity contribution in [2.24, 2.45) is 0 Å². The molecule has 0 bridgehead atoms. The Bertz CT molecular complexity index is 653. The molecule has 0 aliphatic carbocycles. The standard InChI is InChI=1S/C15H15ClN2OS/c1-10(19)18-7-6-11-8-12(2-4-14(11)18)17-9-13-3-5-15(16)20-13/h2-5,8,17H,6-7,9H2,1H3. The number of hydrogen-bond donors (Lipinski definition) is 1. The summed E-state index contributed by atoms with van der Waals surface area (Å²) in [6.45, 7) is 3.17. The van der Waals surface area contributed by atoms with Crippen molar-refractivity contribution in [1.82, 2.24) is 0 Å². The van der Waals surface area contributed by atoms with Gasteiger partial charge in [-0.25, -0.2) is 0 Å². The van der Waals surface area contributed by atoms with Crippen molar-refractivity contribution >= 4 is 40.2 Å². The van der Waals surface area contributed by atoms with Crippen LogP contribution >= 0.6 is 22.9 Å². The van der Waals surface area contributed by atoms with Gasteiger partial charge in [-0.05, 0) is 42.3 Å². The van der Waals surface area contributed by atoms with E-state index in [1.54, 1.807) is 18.3 Å². The number of carbonyl (C=O) groups is 1. The van der Waals surface area contributed by atoms with Crippen molar-refractivity contribution in [2.45, 2.75) is 19.9 Å². The summed E-state index contributed by atoms with van der Waals surface area (Å²) in [7, 11) is 0. The predicted molar refractivity (Wildman–Crippen MR) is 84.8 cm³/mol. The highest BCUT2D eigenvalue weighted by Gasteiger charge is 2.21.